The minimum absolute atomic E-state index is 0.273. The molecule has 0 radical (unpaired) electrons. The third-order valence-corrected chi connectivity index (χ3v) is 3.45. The van der Waals surface area contributed by atoms with Crippen molar-refractivity contribution in [3.05, 3.63) is 46.3 Å². The van der Waals surface area contributed by atoms with Crippen molar-refractivity contribution in [1.29, 1.82) is 0 Å². The maximum Gasteiger partial charge on any atom is 0.344 e. The van der Waals surface area contributed by atoms with Crippen molar-refractivity contribution >= 4 is 29.2 Å². The standard InChI is InChI=1S/C16H17ClN2O4/c1-4-13-14(9(2)23-19-13)16(21)22-10(3)15(20)18-12-7-5-6-11(17)8-12/h5-8,10H,4H2,1-3H3,(H,18,20)/t10-/m0/s1. The summed E-state index contributed by atoms with van der Waals surface area (Å²) in [6.07, 6.45) is -0.439. The molecule has 0 aliphatic heterocycles. The molecule has 122 valence electrons. The molecule has 0 saturated carbocycles. The summed E-state index contributed by atoms with van der Waals surface area (Å²) in [5.41, 5.74) is 1.31. The highest BCUT2D eigenvalue weighted by Gasteiger charge is 2.25. The quantitative estimate of drug-likeness (QED) is 0.846. The van der Waals surface area contributed by atoms with E-state index in [-0.39, 0.29) is 5.56 Å². The molecule has 0 spiro atoms. The molecule has 0 saturated heterocycles. The van der Waals surface area contributed by atoms with Gasteiger partial charge in [-0.3, -0.25) is 4.79 Å². The van der Waals surface area contributed by atoms with E-state index in [1.807, 2.05) is 6.92 Å². The molecule has 1 amide bonds. The number of halogens is 1. The van der Waals surface area contributed by atoms with Crippen LogP contribution in [0.2, 0.25) is 5.02 Å². The maximum atomic E-state index is 12.2. The molecule has 7 heteroatoms. The van der Waals surface area contributed by atoms with E-state index in [2.05, 4.69) is 10.5 Å². The van der Waals surface area contributed by atoms with Crippen LogP contribution in [0.1, 0.15) is 35.7 Å². The van der Waals surface area contributed by atoms with Gasteiger partial charge in [-0.1, -0.05) is 29.7 Å². The zero-order valence-corrected chi connectivity index (χ0v) is 13.8. The fraction of sp³-hybridized carbons (Fsp3) is 0.312. The van der Waals surface area contributed by atoms with Crippen molar-refractivity contribution in [2.24, 2.45) is 0 Å². The van der Waals surface area contributed by atoms with Crippen molar-refractivity contribution in [2.75, 3.05) is 5.32 Å². The van der Waals surface area contributed by atoms with Crippen LogP contribution in [0.3, 0.4) is 0 Å². The number of carbonyl (C=O) groups excluding carboxylic acids is 2. The average molecular weight is 337 g/mol. The first kappa shape index (κ1) is 17.0. The van der Waals surface area contributed by atoms with E-state index in [4.69, 9.17) is 20.9 Å². The smallest absolute Gasteiger partial charge is 0.344 e. The summed E-state index contributed by atoms with van der Waals surface area (Å²) in [5, 5.41) is 6.93. The van der Waals surface area contributed by atoms with Gasteiger partial charge in [0.2, 0.25) is 0 Å². The number of esters is 1. The minimum atomic E-state index is -0.972. The van der Waals surface area contributed by atoms with Crippen LogP contribution < -0.4 is 5.32 Å². The predicted octanol–water partition coefficient (Wildman–Crippen LogP) is 3.38. The number of amides is 1. The molecule has 0 unspecified atom stereocenters. The minimum Gasteiger partial charge on any atom is -0.449 e. The molecular weight excluding hydrogens is 320 g/mol. The Bertz CT molecular complexity index is 727. The van der Waals surface area contributed by atoms with Crippen LogP contribution in [0.4, 0.5) is 5.69 Å². The number of hydrogen-bond acceptors (Lipinski definition) is 5. The van der Waals surface area contributed by atoms with E-state index in [1.165, 1.54) is 6.92 Å². The number of benzene rings is 1. The van der Waals surface area contributed by atoms with Gasteiger partial charge in [-0.25, -0.2) is 4.79 Å². The molecule has 0 fully saturated rings. The summed E-state index contributed by atoms with van der Waals surface area (Å²) in [4.78, 5) is 24.3. The molecule has 1 atom stereocenters. The van der Waals surface area contributed by atoms with Crippen molar-refractivity contribution in [1.82, 2.24) is 5.16 Å². The highest BCUT2D eigenvalue weighted by molar-refractivity contribution is 6.30. The Morgan fingerprint density at radius 2 is 2.17 bits per heavy atom. The highest BCUT2D eigenvalue weighted by atomic mass is 35.5. The Morgan fingerprint density at radius 3 is 2.83 bits per heavy atom. The maximum absolute atomic E-state index is 12.2. The SMILES string of the molecule is CCc1noc(C)c1C(=O)O[C@@H](C)C(=O)Nc1cccc(Cl)c1. The zero-order chi connectivity index (χ0) is 17.0. The fourth-order valence-electron chi connectivity index (χ4n) is 2.00. The van der Waals surface area contributed by atoms with Crippen LogP contribution in [-0.4, -0.2) is 23.1 Å². The first-order valence-electron chi connectivity index (χ1n) is 7.15. The van der Waals surface area contributed by atoms with Crippen LogP contribution in [0.15, 0.2) is 28.8 Å². The molecule has 6 nitrogen and oxygen atoms in total. The van der Waals surface area contributed by atoms with Crippen molar-refractivity contribution in [3.8, 4) is 0 Å². The number of anilines is 1. The van der Waals surface area contributed by atoms with Crippen LogP contribution in [0.25, 0.3) is 0 Å². The largest absolute Gasteiger partial charge is 0.449 e. The molecule has 2 rings (SSSR count). The lowest BCUT2D eigenvalue weighted by Crippen LogP contribution is -2.30. The number of hydrogen-bond donors (Lipinski definition) is 1. The molecule has 23 heavy (non-hydrogen) atoms. The van der Waals surface area contributed by atoms with E-state index in [9.17, 15) is 9.59 Å². The lowest BCUT2D eigenvalue weighted by Gasteiger charge is -2.13. The number of nitrogens with one attached hydrogen (secondary N) is 1. The van der Waals surface area contributed by atoms with Gasteiger partial charge in [-0.2, -0.15) is 0 Å². The van der Waals surface area contributed by atoms with Gasteiger partial charge in [-0.05, 0) is 38.5 Å². The first-order valence-corrected chi connectivity index (χ1v) is 7.52. The van der Waals surface area contributed by atoms with Crippen molar-refractivity contribution in [2.45, 2.75) is 33.3 Å². The average Bonchev–Trinajstić information content (AvgIpc) is 2.88. The summed E-state index contributed by atoms with van der Waals surface area (Å²) in [7, 11) is 0. The fourth-order valence-corrected chi connectivity index (χ4v) is 2.19. The number of rotatable bonds is 5. The van der Waals surface area contributed by atoms with Gasteiger partial charge >= 0.3 is 5.97 Å². The number of aryl methyl sites for hydroxylation is 2. The highest BCUT2D eigenvalue weighted by Crippen LogP contribution is 2.18. The van der Waals surface area contributed by atoms with Gasteiger partial charge in [0.15, 0.2) is 6.10 Å². The Kier molecular flexibility index (Phi) is 5.39. The lowest BCUT2D eigenvalue weighted by atomic mass is 10.1. The molecule has 1 aromatic carbocycles. The first-order chi connectivity index (χ1) is 10.9. The van der Waals surface area contributed by atoms with Gasteiger partial charge in [0.1, 0.15) is 11.3 Å². The van der Waals surface area contributed by atoms with Gasteiger partial charge in [-0.15, -0.1) is 0 Å². The van der Waals surface area contributed by atoms with Crippen molar-refractivity contribution < 1.29 is 18.8 Å². The van der Waals surface area contributed by atoms with E-state index >= 15 is 0 Å². The molecule has 1 heterocycles. The van der Waals surface area contributed by atoms with Gasteiger partial charge in [0.05, 0.1) is 5.69 Å². The van der Waals surface area contributed by atoms with E-state index in [1.54, 1.807) is 31.2 Å². The molecule has 1 aromatic heterocycles. The molecular formula is C16H17ClN2O4. The van der Waals surface area contributed by atoms with Gasteiger partial charge in [0, 0.05) is 10.7 Å². The van der Waals surface area contributed by atoms with E-state index in [0.29, 0.717) is 28.6 Å². The zero-order valence-electron chi connectivity index (χ0n) is 13.1. The second kappa shape index (κ2) is 7.28. The normalized spacial score (nSPS) is 11.8. The second-order valence-electron chi connectivity index (χ2n) is 4.96. The Labute approximate surface area is 138 Å². The predicted molar refractivity (Wildman–Crippen MR) is 85.6 cm³/mol. The summed E-state index contributed by atoms with van der Waals surface area (Å²) >= 11 is 5.86. The van der Waals surface area contributed by atoms with Crippen molar-refractivity contribution in [3.63, 3.8) is 0 Å². The number of ether oxygens (including phenoxy) is 1. The topological polar surface area (TPSA) is 81.4 Å². The Balaban J connectivity index is 2.03. The van der Waals surface area contributed by atoms with Crippen LogP contribution >= 0.6 is 11.6 Å². The van der Waals surface area contributed by atoms with Gasteiger partial charge < -0.3 is 14.6 Å². The second-order valence-corrected chi connectivity index (χ2v) is 5.40. The number of carbonyl (C=O) groups is 2. The summed E-state index contributed by atoms with van der Waals surface area (Å²) in [5.74, 6) is -0.712. The third-order valence-electron chi connectivity index (χ3n) is 3.22. The summed E-state index contributed by atoms with van der Waals surface area (Å²) < 4.78 is 10.2. The Morgan fingerprint density at radius 1 is 1.43 bits per heavy atom. The number of nitrogens with zero attached hydrogens (tertiary/aromatic N) is 1. The summed E-state index contributed by atoms with van der Waals surface area (Å²) in [6, 6.07) is 6.70. The summed E-state index contributed by atoms with van der Waals surface area (Å²) in [6.45, 7) is 4.97. The molecule has 1 N–H and O–H groups in total. The molecule has 0 aliphatic carbocycles. The number of aromatic nitrogens is 1. The van der Waals surface area contributed by atoms with Crippen LogP contribution in [0.5, 0.6) is 0 Å². The molecule has 0 bridgehead atoms. The lowest BCUT2D eigenvalue weighted by molar-refractivity contribution is -0.123. The third kappa shape index (κ3) is 4.10. The van der Waals surface area contributed by atoms with E-state index in [0.717, 1.165) is 0 Å². The monoisotopic (exact) mass is 336 g/mol. The molecule has 0 aliphatic rings. The van der Waals surface area contributed by atoms with E-state index < -0.39 is 18.0 Å². The Hall–Kier alpha value is -2.34. The molecule has 2 aromatic rings. The van der Waals surface area contributed by atoms with Crippen LogP contribution in [0, 0.1) is 6.92 Å². The van der Waals surface area contributed by atoms with Gasteiger partial charge in [0.25, 0.3) is 5.91 Å². The van der Waals surface area contributed by atoms with Crippen LogP contribution in [-0.2, 0) is 16.0 Å².